The van der Waals surface area contributed by atoms with Crippen LogP contribution >= 0.6 is 11.8 Å². The molecule has 0 saturated heterocycles. The molecule has 1 N–H and O–H groups in total. The molecule has 0 aliphatic carbocycles. The Kier molecular flexibility index (Phi) is 5.24. The molecule has 0 radical (unpaired) electrons. The van der Waals surface area contributed by atoms with E-state index in [-0.39, 0.29) is 0 Å². The van der Waals surface area contributed by atoms with Crippen LogP contribution in [0.15, 0.2) is 40.5 Å². The summed E-state index contributed by atoms with van der Waals surface area (Å²) >= 11 is 1.65. The standard InChI is InChI=1S/C15H19N3OS/c1-4-13-14(16-5-2)17-10-18-15(13)20-12-8-6-11(19-3)7-9-12/h6-10H,4-5H2,1-3H3,(H,16,17,18). The van der Waals surface area contributed by atoms with Crippen molar-refractivity contribution in [2.24, 2.45) is 0 Å². The van der Waals surface area contributed by atoms with Crippen LogP contribution < -0.4 is 10.1 Å². The fourth-order valence-corrected chi connectivity index (χ4v) is 2.84. The maximum Gasteiger partial charge on any atom is 0.133 e. The highest BCUT2D eigenvalue weighted by atomic mass is 32.2. The van der Waals surface area contributed by atoms with Gasteiger partial charge in [0.15, 0.2) is 0 Å². The van der Waals surface area contributed by atoms with Gasteiger partial charge < -0.3 is 10.1 Å². The van der Waals surface area contributed by atoms with E-state index in [1.165, 1.54) is 0 Å². The largest absolute Gasteiger partial charge is 0.497 e. The van der Waals surface area contributed by atoms with Crippen molar-refractivity contribution >= 4 is 17.6 Å². The highest BCUT2D eigenvalue weighted by Crippen LogP contribution is 2.32. The number of nitrogens with zero attached hydrogens (tertiary/aromatic N) is 2. The number of aromatic nitrogens is 2. The van der Waals surface area contributed by atoms with Gasteiger partial charge in [0.2, 0.25) is 0 Å². The zero-order chi connectivity index (χ0) is 14.4. The number of methoxy groups -OCH3 is 1. The van der Waals surface area contributed by atoms with Crippen LogP contribution in [0.2, 0.25) is 0 Å². The molecule has 2 aromatic rings. The van der Waals surface area contributed by atoms with Gasteiger partial charge in [-0.2, -0.15) is 0 Å². The minimum atomic E-state index is 0.858. The van der Waals surface area contributed by atoms with E-state index in [9.17, 15) is 0 Å². The van der Waals surface area contributed by atoms with Crippen molar-refractivity contribution < 1.29 is 4.74 Å². The van der Waals surface area contributed by atoms with Gasteiger partial charge in [0.1, 0.15) is 22.9 Å². The number of anilines is 1. The van der Waals surface area contributed by atoms with Crippen LogP contribution in [-0.2, 0) is 6.42 Å². The molecule has 4 nitrogen and oxygen atoms in total. The normalized spacial score (nSPS) is 10.3. The summed E-state index contributed by atoms with van der Waals surface area (Å²) in [5.41, 5.74) is 1.16. The second-order valence-corrected chi connectivity index (χ2v) is 5.23. The first kappa shape index (κ1) is 14.7. The Hall–Kier alpha value is -1.75. The average Bonchev–Trinajstić information content (AvgIpc) is 2.49. The topological polar surface area (TPSA) is 47.0 Å². The molecule has 0 fully saturated rings. The Balaban J connectivity index is 2.25. The predicted octanol–water partition coefficient (Wildman–Crippen LogP) is 3.63. The first-order chi connectivity index (χ1) is 9.78. The van der Waals surface area contributed by atoms with E-state index in [0.29, 0.717) is 0 Å². The van der Waals surface area contributed by atoms with Crippen molar-refractivity contribution in [3.05, 3.63) is 36.2 Å². The van der Waals surface area contributed by atoms with E-state index < -0.39 is 0 Å². The molecule has 0 unspecified atom stereocenters. The number of hydrogen-bond acceptors (Lipinski definition) is 5. The van der Waals surface area contributed by atoms with E-state index in [4.69, 9.17) is 4.74 Å². The highest BCUT2D eigenvalue weighted by molar-refractivity contribution is 7.99. The van der Waals surface area contributed by atoms with Gasteiger partial charge in [-0.15, -0.1) is 0 Å². The minimum absolute atomic E-state index is 0.858. The maximum absolute atomic E-state index is 5.17. The Bertz CT molecular complexity index is 558. The second-order valence-electron chi connectivity index (χ2n) is 4.17. The zero-order valence-electron chi connectivity index (χ0n) is 12.0. The van der Waals surface area contributed by atoms with E-state index in [1.54, 1.807) is 25.2 Å². The van der Waals surface area contributed by atoms with Crippen molar-refractivity contribution in [3.8, 4) is 5.75 Å². The van der Waals surface area contributed by atoms with E-state index in [0.717, 1.165) is 40.0 Å². The number of ether oxygens (including phenoxy) is 1. The van der Waals surface area contributed by atoms with Crippen LogP contribution in [0.5, 0.6) is 5.75 Å². The Morgan fingerprint density at radius 2 is 1.90 bits per heavy atom. The fourth-order valence-electron chi connectivity index (χ4n) is 1.88. The molecular formula is C15H19N3OS. The first-order valence-corrected chi connectivity index (χ1v) is 7.49. The van der Waals surface area contributed by atoms with Crippen LogP contribution in [-0.4, -0.2) is 23.6 Å². The quantitative estimate of drug-likeness (QED) is 0.823. The molecule has 1 aromatic heterocycles. The van der Waals surface area contributed by atoms with E-state index in [2.05, 4.69) is 29.1 Å². The number of rotatable bonds is 6. The number of hydrogen-bond donors (Lipinski definition) is 1. The van der Waals surface area contributed by atoms with Gasteiger partial charge in [0.25, 0.3) is 0 Å². The van der Waals surface area contributed by atoms with Gasteiger partial charge in [-0.1, -0.05) is 18.7 Å². The summed E-state index contributed by atoms with van der Waals surface area (Å²) in [5.74, 6) is 1.79. The molecule has 1 heterocycles. The van der Waals surface area contributed by atoms with Crippen molar-refractivity contribution in [2.75, 3.05) is 19.0 Å². The zero-order valence-corrected chi connectivity index (χ0v) is 12.8. The second kappa shape index (κ2) is 7.14. The van der Waals surface area contributed by atoms with E-state index in [1.807, 2.05) is 24.3 Å². The lowest BCUT2D eigenvalue weighted by Crippen LogP contribution is -2.05. The Morgan fingerprint density at radius 3 is 2.50 bits per heavy atom. The van der Waals surface area contributed by atoms with Crippen LogP contribution in [0.1, 0.15) is 19.4 Å². The van der Waals surface area contributed by atoms with Crippen LogP contribution in [0.3, 0.4) is 0 Å². The first-order valence-electron chi connectivity index (χ1n) is 6.68. The van der Waals surface area contributed by atoms with Crippen molar-refractivity contribution in [1.82, 2.24) is 9.97 Å². The van der Waals surface area contributed by atoms with Crippen molar-refractivity contribution in [1.29, 1.82) is 0 Å². The average molecular weight is 289 g/mol. The summed E-state index contributed by atoms with van der Waals surface area (Å²) in [6.45, 7) is 5.05. The van der Waals surface area contributed by atoms with Crippen molar-refractivity contribution in [3.63, 3.8) is 0 Å². The molecular weight excluding hydrogens is 270 g/mol. The molecule has 1 aromatic carbocycles. The van der Waals surface area contributed by atoms with Crippen LogP contribution in [0, 0.1) is 0 Å². The molecule has 0 atom stereocenters. The van der Waals surface area contributed by atoms with Crippen LogP contribution in [0.4, 0.5) is 5.82 Å². The summed E-state index contributed by atoms with van der Waals surface area (Å²) < 4.78 is 5.17. The fraction of sp³-hybridized carbons (Fsp3) is 0.333. The Morgan fingerprint density at radius 1 is 1.15 bits per heavy atom. The number of nitrogens with one attached hydrogen (secondary N) is 1. The third kappa shape index (κ3) is 3.42. The summed E-state index contributed by atoms with van der Waals surface area (Å²) in [6.07, 6.45) is 2.52. The van der Waals surface area contributed by atoms with Crippen LogP contribution in [0.25, 0.3) is 0 Å². The van der Waals surface area contributed by atoms with Gasteiger partial charge in [0.05, 0.1) is 7.11 Å². The molecule has 0 spiro atoms. The summed E-state index contributed by atoms with van der Waals surface area (Å²) in [5, 5.41) is 4.29. The highest BCUT2D eigenvalue weighted by Gasteiger charge is 2.10. The lowest BCUT2D eigenvalue weighted by atomic mass is 10.2. The molecule has 0 saturated carbocycles. The molecule has 0 aliphatic rings. The number of benzene rings is 1. The SMILES string of the molecule is CCNc1ncnc(Sc2ccc(OC)cc2)c1CC. The summed E-state index contributed by atoms with van der Waals surface area (Å²) in [7, 11) is 1.67. The summed E-state index contributed by atoms with van der Waals surface area (Å²) in [6, 6.07) is 8.00. The van der Waals surface area contributed by atoms with Gasteiger partial charge in [0, 0.05) is 17.0 Å². The third-order valence-corrected chi connectivity index (χ3v) is 3.93. The molecule has 0 aliphatic heterocycles. The smallest absolute Gasteiger partial charge is 0.133 e. The third-order valence-electron chi connectivity index (χ3n) is 2.88. The van der Waals surface area contributed by atoms with Gasteiger partial charge in [-0.25, -0.2) is 9.97 Å². The molecule has 20 heavy (non-hydrogen) atoms. The van der Waals surface area contributed by atoms with Gasteiger partial charge in [-0.05, 0) is 37.6 Å². The van der Waals surface area contributed by atoms with Gasteiger partial charge in [-0.3, -0.25) is 0 Å². The Labute approximate surface area is 124 Å². The lowest BCUT2D eigenvalue weighted by Gasteiger charge is -2.11. The van der Waals surface area contributed by atoms with Crippen molar-refractivity contribution in [2.45, 2.75) is 30.2 Å². The molecule has 0 bridgehead atoms. The van der Waals surface area contributed by atoms with E-state index >= 15 is 0 Å². The van der Waals surface area contributed by atoms with Gasteiger partial charge >= 0.3 is 0 Å². The molecule has 2 rings (SSSR count). The molecule has 5 heteroatoms. The monoisotopic (exact) mass is 289 g/mol. The molecule has 0 amide bonds. The molecule has 106 valence electrons. The predicted molar refractivity (Wildman–Crippen MR) is 82.7 cm³/mol. The minimum Gasteiger partial charge on any atom is -0.497 e. The lowest BCUT2D eigenvalue weighted by molar-refractivity contribution is 0.414. The summed E-state index contributed by atoms with van der Waals surface area (Å²) in [4.78, 5) is 9.86. The maximum atomic E-state index is 5.17.